The number of hydrogen-bond donors (Lipinski definition) is 1. The molecule has 0 bridgehead atoms. The van der Waals surface area contributed by atoms with Gasteiger partial charge in [0.05, 0.1) is 22.3 Å². The van der Waals surface area contributed by atoms with E-state index in [0.717, 1.165) is 0 Å². The molecule has 0 radical (unpaired) electrons. The zero-order valence-electron chi connectivity index (χ0n) is 15.4. The maximum Gasteiger partial charge on any atom is 0.256 e. The predicted octanol–water partition coefficient (Wildman–Crippen LogP) is 2.97. The van der Waals surface area contributed by atoms with E-state index in [4.69, 9.17) is 0 Å². The standard InChI is InChI=1S/C20H18F2N4O2S/c21-13-5-6-16-17(11-13)29-20(23-16)24-18(27)12-25-7-9-26(10-8-25)19(28)14-3-1-2-4-15(14)22/h1-6,11H,7-10,12H2,(H,23,24,27). The largest absolute Gasteiger partial charge is 0.336 e. The topological polar surface area (TPSA) is 65.5 Å². The summed E-state index contributed by atoms with van der Waals surface area (Å²) in [4.78, 5) is 32.6. The van der Waals surface area contributed by atoms with Gasteiger partial charge in [0.15, 0.2) is 5.13 Å². The number of carbonyl (C=O) groups is 2. The Balaban J connectivity index is 1.30. The van der Waals surface area contributed by atoms with Gasteiger partial charge in [-0.25, -0.2) is 13.8 Å². The van der Waals surface area contributed by atoms with E-state index in [0.29, 0.717) is 41.5 Å². The molecule has 29 heavy (non-hydrogen) atoms. The van der Waals surface area contributed by atoms with E-state index in [1.54, 1.807) is 23.1 Å². The van der Waals surface area contributed by atoms with Gasteiger partial charge in [0.2, 0.25) is 5.91 Å². The number of nitrogens with zero attached hydrogens (tertiary/aromatic N) is 3. The van der Waals surface area contributed by atoms with Crippen LogP contribution in [-0.4, -0.2) is 59.3 Å². The first-order valence-electron chi connectivity index (χ1n) is 9.12. The van der Waals surface area contributed by atoms with Crippen LogP contribution in [0.2, 0.25) is 0 Å². The summed E-state index contributed by atoms with van der Waals surface area (Å²) in [5.41, 5.74) is 0.693. The Hall–Kier alpha value is -2.91. The fourth-order valence-electron chi connectivity index (χ4n) is 3.23. The molecule has 6 nitrogen and oxygen atoms in total. The van der Waals surface area contributed by atoms with Crippen LogP contribution >= 0.6 is 11.3 Å². The minimum Gasteiger partial charge on any atom is -0.336 e. The Labute approximate surface area is 169 Å². The Morgan fingerprint density at radius 2 is 1.83 bits per heavy atom. The summed E-state index contributed by atoms with van der Waals surface area (Å²) in [5, 5.41) is 3.16. The molecule has 0 atom stereocenters. The molecule has 2 aromatic carbocycles. The highest BCUT2D eigenvalue weighted by molar-refractivity contribution is 7.22. The average Bonchev–Trinajstić information content (AvgIpc) is 3.09. The molecule has 3 aromatic rings. The molecule has 4 rings (SSSR count). The van der Waals surface area contributed by atoms with Crippen LogP contribution < -0.4 is 5.32 Å². The molecule has 0 spiro atoms. The number of fused-ring (bicyclic) bond motifs is 1. The highest BCUT2D eigenvalue weighted by atomic mass is 32.1. The van der Waals surface area contributed by atoms with Crippen molar-refractivity contribution in [2.75, 3.05) is 38.0 Å². The van der Waals surface area contributed by atoms with Crippen LogP contribution in [0.25, 0.3) is 10.2 Å². The molecule has 1 aliphatic rings. The number of rotatable bonds is 4. The normalized spacial score (nSPS) is 14.9. The molecule has 1 N–H and O–H groups in total. The summed E-state index contributed by atoms with van der Waals surface area (Å²) >= 11 is 1.22. The van der Waals surface area contributed by atoms with Crippen molar-refractivity contribution in [1.82, 2.24) is 14.8 Å². The number of benzene rings is 2. The lowest BCUT2D eigenvalue weighted by atomic mass is 10.1. The van der Waals surface area contributed by atoms with Gasteiger partial charge in [-0.1, -0.05) is 23.5 Å². The van der Waals surface area contributed by atoms with Crippen LogP contribution in [0.15, 0.2) is 42.5 Å². The van der Waals surface area contributed by atoms with Gasteiger partial charge in [0.25, 0.3) is 5.91 Å². The Morgan fingerprint density at radius 1 is 1.07 bits per heavy atom. The maximum atomic E-state index is 13.8. The zero-order chi connectivity index (χ0) is 20.4. The summed E-state index contributed by atoms with van der Waals surface area (Å²) in [6.45, 7) is 2.02. The first kappa shape index (κ1) is 19.4. The van der Waals surface area contributed by atoms with E-state index in [2.05, 4.69) is 10.3 Å². The molecule has 2 heterocycles. The number of thiazole rings is 1. The van der Waals surface area contributed by atoms with Crippen molar-refractivity contribution in [2.24, 2.45) is 0 Å². The van der Waals surface area contributed by atoms with Gasteiger partial charge in [-0.3, -0.25) is 14.5 Å². The molecule has 0 unspecified atom stereocenters. The van der Waals surface area contributed by atoms with E-state index in [1.165, 1.54) is 35.6 Å². The van der Waals surface area contributed by atoms with Crippen LogP contribution in [0, 0.1) is 11.6 Å². The number of piperazine rings is 1. The van der Waals surface area contributed by atoms with Crippen LogP contribution in [0.5, 0.6) is 0 Å². The third-order valence-corrected chi connectivity index (χ3v) is 5.66. The highest BCUT2D eigenvalue weighted by Crippen LogP contribution is 2.26. The van der Waals surface area contributed by atoms with Crippen molar-refractivity contribution in [3.05, 3.63) is 59.7 Å². The zero-order valence-corrected chi connectivity index (χ0v) is 16.2. The van der Waals surface area contributed by atoms with Gasteiger partial charge >= 0.3 is 0 Å². The Kier molecular flexibility index (Phi) is 5.50. The average molecular weight is 416 g/mol. The van der Waals surface area contributed by atoms with Crippen molar-refractivity contribution < 1.29 is 18.4 Å². The van der Waals surface area contributed by atoms with Crippen LogP contribution in [-0.2, 0) is 4.79 Å². The minimum absolute atomic E-state index is 0.0611. The van der Waals surface area contributed by atoms with E-state index in [1.807, 2.05) is 4.90 Å². The molecule has 2 amide bonds. The van der Waals surface area contributed by atoms with E-state index in [-0.39, 0.29) is 29.7 Å². The lowest BCUT2D eigenvalue weighted by molar-refractivity contribution is -0.117. The molecule has 1 aromatic heterocycles. The number of halogens is 2. The van der Waals surface area contributed by atoms with Crippen LogP contribution in [0.1, 0.15) is 10.4 Å². The molecular formula is C20H18F2N4O2S. The van der Waals surface area contributed by atoms with Crippen LogP contribution in [0.3, 0.4) is 0 Å². The van der Waals surface area contributed by atoms with Gasteiger partial charge in [0.1, 0.15) is 11.6 Å². The van der Waals surface area contributed by atoms with Crippen molar-refractivity contribution in [3.63, 3.8) is 0 Å². The lowest BCUT2D eigenvalue weighted by Gasteiger charge is -2.34. The van der Waals surface area contributed by atoms with Gasteiger partial charge in [-0.2, -0.15) is 0 Å². The van der Waals surface area contributed by atoms with Gasteiger partial charge in [-0.15, -0.1) is 0 Å². The second-order valence-corrected chi connectivity index (χ2v) is 7.76. The molecular weight excluding hydrogens is 398 g/mol. The third kappa shape index (κ3) is 4.41. The smallest absolute Gasteiger partial charge is 0.256 e. The van der Waals surface area contributed by atoms with Crippen molar-refractivity contribution >= 4 is 38.5 Å². The maximum absolute atomic E-state index is 13.8. The summed E-state index contributed by atoms with van der Waals surface area (Å²) in [6.07, 6.45) is 0. The molecule has 150 valence electrons. The number of hydrogen-bond acceptors (Lipinski definition) is 5. The number of amides is 2. The Morgan fingerprint density at radius 3 is 2.59 bits per heavy atom. The van der Waals surface area contributed by atoms with Crippen molar-refractivity contribution in [2.45, 2.75) is 0 Å². The highest BCUT2D eigenvalue weighted by Gasteiger charge is 2.25. The second kappa shape index (κ2) is 8.22. The predicted molar refractivity (Wildman–Crippen MR) is 107 cm³/mol. The molecule has 1 fully saturated rings. The molecule has 1 saturated heterocycles. The monoisotopic (exact) mass is 416 g/mol. The number of nitrogens with one attached hydrogen (secondary N) is 1. The van der Waals surface area contributed by atoms with E-state index in [9.17, 15) is 18.4 Å². The second-order valence-electron chi connectivity index (χ2n) is 6.73. The first-order chi connectivity index (χ1) is 14.0. The summed E-state index contributed by atoms with van der Waals surface area (Å²) in [5.74, 6) is -1.44. The van der Waals surface area contributed by atoms with Crippen LogP contribution in [0.4, 0.5) is 13.9 Å². The third-order valence-electron chi connectivity index (χ3n) is 4.73. The molecule has 9 heteroatoms. The van der Waals surface area contributed by atoms with Crippen molar-refractivity contribution in [3.8, 4) is 0 Å². The van der Waals surface area contributed by atoms with Gasteiger partial charge in [0, 0.05) is 26.2 Å². The first-order valence-corrected chi connectivity index (χ1v) is 9.93. The van der Waals surface area contributed by atoms with E-state index < -0.39 is 5.82 Å². The van der Waals surface area contributed by atoms with Crippen molar-refractivity contribution in [1.29, 1.82) is 0 Å². The molecule has 0 aliphatic carbocycles. The lowest BCUT2D eigenvalue weighted by Crippen LogP contribution is -2.50. The quantitative estimate of drug-likeness (QED) is 0.710. The summed E-state index contributed by atoms with van der Waals surface area (Å²) in [7, 11) is 0. The fraction of sp³-hybridized carbons (Fsp3) is 0.250. The SMILES string of the molecule is O=C(CN1CCN(C(=O)c2ccccc2F)CC1)Nc1nc2ccc(F)cc2s1. The van der Waals surface area contributed by atoms with Gasteiger partial charge in [-0.05, 0) is 30.3 Å². The number of carbonyl (C=O) groups excluding carboxylic acids is 2. The molecule has 0 saturated carbocycles. The Bertz CT molecular complexity index is 1060. The summed E-state index contributed by atoms with van der Waals surface area (Å²) in [6, 6.07) is 10.2. The van der Waals surface area contributed by atoms with Gasteiger partial charge < -0.3 is 10.2 Å². The van der Waals surface area contributed by atoms with E-state index >= 15 is 0 Å². The minimum atomic E-state index is -0.532. The fourth-order valence-corrected chi connectivity index (χ4v) is 4.13. The number of anilines is 1. The summed E-state index contributed by atoms with van der Waals surface area (Å²) < 4.78 is 27.8. The molecule has 1 aliphatic heterocycles. The number of aromatic nitrogens is 1.